The Bertz CT molecular complexity index is 294. The predicted molar refractivity (Wildman–Crippen MR) is 58.6 cm³/mol. The second-order valence-corrected chi connectivity index (χ2v) is 4.45. The molecule has 3 heteroatoms. The summed E-state index contributed by atoms with van der Waals surface area (Å²) >= 11 is 9.05. The highest BCUT2D eigenvalue weighted by atomic mass is 79.9. The van der Waals surface area contributed by atoms with Crippen LogP contribution in [0.1, 0.15) is 12.5 Å². The maximum Gasteiger partial charge on any atom is 0.143 e. The minimum Gasteiger partial charge on any atom is -0.299 e. The molecule has 0 aliphatic rings. The van der Waals surface area contributed by atoms with Crippen molar-refractivity contribution in [2.24, 2.45) is 0 Å². The van der Waals surface area contributed by atoms with Gasteiger partial charge in [-0.2, -0.15) is 0 Å². The van der Waals surface area contributed by atoms with E-state index in [4.69, 9.17) is 11.6 Å². The molecule has 0 heterocycles. The van der Waals surface area contributed by atoms with Gasteiger partial charge in [0.15, 0.2) is 0 Å². The standard InChI is InChI=1S/C10H10BrClO/c1-7(13)10(11)6-8-2-4-9(12)5-3-8/h2-5,10H,6H2,1H3/t10-/m1/s1. The first-order valence-corrected chi connectivity index (χ1v) is 5.28. The van der Waals surface area contributed by atoms with Crippen LogP contribution >= 0.6 is 27.5 Å². The molecule has 0 aliphatic carbocycles. The van der Waals surface area contributed by atoms with Gasteiger partial charge in [-0.1, -0.05) is 39.7 Å². The lowest BCUT2D eigenvalue weighted by atomic mass is 10.1. The summed E-state index contributed by atoms with van der Waals surface area (Å²) in [6, 6.07) is 7.52. The number of ketones is 1. The molecular formula is C10H10BrClO. The van der Waals surface area contributed by atoms with Gasteiger partial charge in [0.05, 0.1) is 4.83 Å². The summed E-state index contributed by atoms with van der Waals surface area (Å²) in [7, 11) is 0. The first-order valence-electron chi connectivity index (χ1n) is 3.98. The average molecular weight is 262 g/mol. The Morgan fingerprint density at radius 1 is 1.46 bits per heavy atom. The van der Waals surface area contributed by atoms with Crippen molar-refractivity contribution in [2.75, 3.05) is 0 Å². The van der Waals surface area contributed by atoms with Crippen LogP contribution in [0, 0.1) is 0 Å². The number of alkyl halides is 1. The zero-order valence-corrected chi connectivity index (χ0v) is 9.60. The van der Waals surface area contributed by atoms with Gasteiger partial charge in [-0.15, -0.1) is 0 Å². The summed E-state index contributed by atoms with van der Waals surface area (Å²) in [5.74, 6) is 0.148. The quantitative estimate of drug-likeness (QED) is 0.764. The van der Waals surface area contributed by atoms with Crippen LogP contribution in [0.2, 0.25) is 5.02 Å². The summed E-state index contributed by atoms with van der Waals surface area (Å²) in [4.78, 5) is 10.9. The Hall–Kier alpha value is -0.340. The van der Waals surface area contributed by atoms with Crippen LogP contribution in [0.5, 0.6) is 0 Å². The largest absolute Gasteiger partial charge is 0.299 e. The smallest absolute Gasteiger partial charge is 0.143 e. The van der Waals surface area contributed by atoms with Gasteiger partial charge in [0, 0.05) is 5.02 Å². The maximum absolute atomic E-state index is 10.9. The van der Waals surface area contributed by atoms with E-state index in [2.05, 4.69) is 15.9 Å². The molecule has 0 N–H and O–H groups in total. The molecule has 1 aromatic rings. The van der Waals surface area contributed by atoms with Crippen LogP contribution in [0.25, 0.3) is 0 Å². The summed E-state index contributed by atoms with van der Waals surface area (Å²) in [5.41, 5.74) is 1.11. The number of hydrogen-bond acceptors (Lipinski definition) is 1. The van der Waals surface area contributed by atoms with Crippen molar-refractivity contribution in [3.05, 3.63) is 34.9 Å². The first-order chi connectivity index (χ1) is 6.09. The molecule has 0 fully saturated rings. The van der Waals surface area contributed by atoms with E-state index < -0.39 is 0 Å². The normalized spacial score (nSPS) is 12.5. The Labute approximate surface area is 91.2 Å². The van der Waals surface area contributed by atoms with Crippen molar-refractivity contribution in [3.8, 4) is 0 Å². The molecule has 70 valence electrons. The number of hydrogen-bond donors (Lipinski definition) is 0. The number of benzene rings is 1. The Kier molecular flexibility index (Phi) is 3.94. The van der Waals surface area contributed by atoms with Crippen molar-refractivity contribution in [1.82, 2.24) is 0 Å². The Balaban J connectivity index is 2.64. The molecule has 13 heavy (non-hydrogen) atoms. The van der Waals surface area contributed by atoms with E-state index in [9.17, 15) is 4.79 Å². The lowest BCUT2D eigenvalue weighted by molar-refractivity contribution is -0.116. The average Bonchev–Trinajstić information content (AvgIpc) is 2.08. The van der Waals surface area contributed by atoms with Crippen molar-refractivity contribution in [1.29, 1.82) is 0 Å². The van der Waals surface area contributed by atoms with E-state index in [0.29, 0.717) is 6.42 Å². The summed E-state index contributed by atoms with van der Waals surface area (Å²) in [6.07, 6.45) is 0.715. The molecular weight excluding hydrogens is 251 g/mol. The highest BCUT2D eigenvalue weighted by Crippen LogP contribution is 2.14. The zero-order valence-electron chi connectivity index (χ0n) is 7.26. The first kappa shape index (κ1) is 10.7. The molecule has 1 rings (SSSR count). The molecule has 0 unspecified atom stereocenters. The minimum atomic E-state index is -0.0892. The number of halogens is 2. The van der Waals surface area contributed by atoms with Crippen LogP contribution in [0.4, 0.5) is 0 Å². The number of carbonyl (C=O) groups is 1. The van der Waals surface area contributed by atoms with Gasteiger partial charge in [0.1, 0.15) is 5.78 Å². The van der Waals surface area contributed by atoms with Crippen LogP contribution in [-0.2, 0) is 11.2 Å². The molecule has 0 aromatic heterocycles. The fourth-order valence-corrected chi connectivity index (χ4v) is 1.47. The van der Waals surface area contributed by atoms with Crippen LogP contribution in [0.3, 0.4) is 0 Å². The number of rotatable bonds is 3. The lowest BCUT2D eigenvalue weighted by Gasteiger charge is -2.05. The predicted octanol–water partition coefficient (Wildman–Crippen LogP) is 3.24. The van der Waals surface area contributed by atoms with E-state index in [1.807, 2.05) is 24.3 Å². The topological polar surface area (TPSA) is 17.1 Å². The third-order valence-corrected chi connectivity index (χ3v) is 2.99. The molecule has 0 amide bonds. The SMILES string of the molecule is CC(=O)[C@H](Br)Cc1ccc(Cl)cc1. The molecule has 0 saturated heterocycles. The van der Waals surface area contributed by atoms with E-state index in [-0.39, 0.29) is 10.6 Å². The molecule has 0 aliphatic heterocycles. The van der Waals surface area contributed by atoms with Crippen LogP contribution in [0.15, 0.2) is 24.3 Å². The van der Waals surface area contributed by atoms with Gasteiger partial charge in [-0.3, -0.25) is 4.79 Å². The molecule has 1 nitrogen and oxygen atoms in total. The minimum absolute atomic E-state index is 0.0892. The van der Waals surface area contributed by atoms with E-state index in [1.54, 1.807) is 6.92 Å². The Morgan fingerprint density at radius 2 is 2.00 bits per heavy atom. The van der Waals surface area contributed by atoms with Gasteiger partial charge in [0.25, 0.3) is 0 Å². The summed E-state index contributed by atoms with van der Waals surface area (Å²) < 4.78 is 0. The molecule has 0 radical (unpaired) electrons. The van der Waals surface area contributed by atoms with Crippen LogP contribution < -0.4 is 0 Å². The highest BCUT2D eigenvalue weighted by Gasteiger charge is 2.09. The second kappa shape index (κ2) is 4.77. The second-order valence-electron chi connectivity index (χ2n) is 2.91. The van der Waals surface area contributed by atoms with Gasteiger partial charge in [-0.25, -0.2) is 0 Å². The Morgan fingerprint density at radius 3 is 2.46 bits per heavy atom. The monoisotopic (exact) mass is 260 g/mol. The van der Waals surface area contributed by atoms with E-state index in [1.165, 1.54) is 0 Å². The van der Waals surface area contributed by atoms with Crippen LogP contribution in [-0.4, -0.2) is 10.6 Å². The fourth-order valence-electron chi connectivity index (χ4n) is 0.971. The van der Waals surface area contributed by atoms with Gasteiger partial charge >= 0.3 is 0 Å². The van der Waals surface area contributed by atoms with Crippen molar-refractivity contribution in [2.45, 2.75) is 18.2 Å². The maximum atomic E-state index is 10.9. The van der Waals surface area contributed by atoms with Crippen molar-refractivity contribution in [3.63, 3.8) is 0 Å². The summed E-state index contributed by atoms with van der Waals surface area (Å²) in [5, 5.41) is 0.720. The van der Waals surface area contributed by atoms with Gasteiger partial charge in [0.2, 0.25) is 0 Å². The molecule has 1 aromatic carbocycles. The van der Waals surface area contributed by atoms with Crippen molar-refractivity contribution >= 4 is 33.3 Å². The van der Waals surface area contributed by atoms with Crippen molar-refractivity contribution < 1.29 is 4.79 Å². The highest BCUT2D eigenvalue weighted by molar-refractivity contribution is 9.10. The third kappa shape index (κ3) is 3.49. The number of carbonyl (C=O) groups excluding carboxylic acids is 1. The lowest BCUT2D eigenvalue weighted by Crippen LogP contribution is -2.12. The zero-order chi connectivity index (χ0) is 9.84. The van der Waals surface area contributed by atoms with E-state index in [0.717, 1.165) is 10.6 Å². The molecule has 0 spiro atoms. The van der Waals surface area contributed by atoms with Gasteiger partial charge < -0.3 is 0 Å². The van der Waals surface area contributed by atoms with E-state index >= 15 is 0 Å². The molecule has 0 bridgehead atoms. The third-order valence-electron chi connectivity index (χ3n) is 1.77. The summed E-state index contributed by atoms with van der Waals surface area (Å²) in [6.45, 7) is 1.58. The number of Topliss-reactive ketones (excluding diaryl/α,β-unsaturated/α-hetero) is 1. The van der Waals surface area contributed by atoms with Gasteiger partial charge in [-0.05, 0) is 31.0 Å². The molecule has 1 atom stereocenters. The fraction of sp³-hybridized carbons (Fsp3) is 0.300. The molecule has 0 saturated carbocycles.